The number of hydrogen-bond donors (Lipinski definition) is 0. The van der Waals surface area contributed by atoms with Crippen molar-refractivity contribution in [3.8, 4) is 0 Å². The maximum Gasteiger partial charge on any atom is 0.131 e. The Bertz CT molecular complexity index is 390. The van der Waals surface area contributed by atoms with E-state index in [1.165, 1.54) is 29.9 Å². The Balaban J connectivity index is 2.13. The zero-order valence-corrected chi connectivity index (χ0v) is 12.5. The second-order valence-electron chi connectivity index (χ2n) is 5.36. The van der Waals surface area contributed by atoms with Gasteiger partial charge in [-0.25, -0.2) is 4.98 Å². The summed E-state index contributed by atoms with van der Waals surface area (Å²) in [6.07, 6.45) is 3.29. The van der Waals surface area contributed by atoms with Crippen molar-refractivity contribution in [3.05, 3.63) is 23.4 Å². The Morgan fingerprint density at radius 2 is 2.29 bits per heavy atom. The highest BCUT2D eigenvalue weighted by atomic mass is 79.9. The predicted octanol–water partition coefficient (Wildman–Crippen LogP) is 3.77. The van der Waals surface area contributed by atoms with Gasteiger partial charge in [-0.05, 0) is 36.3 Å². The summed E-state index contributed by atoms with van der Waals surface area (Å²) in [5, 5.41) is 0.885. The second kappa shape index (κ2) is 5.38. The van der Waals surface area contributed by atoms with Gasteiger partial charge in [-0.1, -0.05) is 35.8 Å². The molecule has 1 saturated heterocycles. The number of anilines is 1. The SMILES string of the molecule is Cc1cc(CBr)cnc1N1CCC(C(C)C)C1. The van der Waals surface area contributed by atoms with E-state index in [4.69, 9.17) is 0 Å². The molecule has 2 nitrogen and oxygen atoms in total. The fraction of sp³-hybridized carbons (Fsp3) is 0.643. The third-order valence-corrected chi connectivity index (χ3v) is 4.38. The molecule has 1 atom stereocenters. The van der Waals surface area contributed by atoms with Crippen LogP contribution in [-0.2, 0) is 5.33 Å². The molecule has 1 unspecified atom stereocenters. The van der Waals surface area contributed by atoms with Crippen molar-refractivity contribution in [1.82, 2.24) is 4.98 Å². The van der Waals surface area contributed by atoms with Crippen LogP contribution < -0.4 is 4.90 Å². The van der Waals surface area contributed by atoms with Crippen LogP contribution in [0.4, 0.5) is 5.82 Å². The van der Waals surface area contributed by atoms with Crippen molar-refractivity contribution in [1.29, 1.82) is 0 Å². The number of alkyl halides is 1. The van der Waals surface area contributed by atoms with Gasteiger partial charge in [0.2, 0.25) is 0 Å². The van der Waals surface area contributed by atoms with E-state index in [0.29, 0.717) is 0 Å². The molecule has 17 heavy (non-hydrogen) atoms. The summed E-state index contributed by atoms with van der Waals surface area (Å²) in [6, 6.07) is 2.24. The van der Waals surface area contributed by atoms with Crippen molar-refractivity contribution in [3.63, 3.8) is 0 Å². The van der Waals surface area contributed by atoms with Crippen molar-refractivity contribution < 1.29 is 0 Å². The zero-order valence-electron chi connectivity index (χ0n) is 10.9. The third-order valence-electron chi connectivity index (χ3n) is 3.73. The first-order valence-electron chi connectivity index (χ1n) is 6.38. The standard InChI is InChI=1S/C14H21BrN2/c1-10(2)13-4-5-17(9-13)14-11(3)6-12(7-15)8-16-14/h6,8,10,13H,4-5,7,9H2,1-3H3. The van der Waals surface area contributed by atoms with Crippen LogP contribution in [0.2, 0.25) is 0 Å². The normalized spacial score (nSPS) is 20.3. The topological polar surface area (TPSA) is 16.1 Å². The number of rotatable bonds is 3. The minimum atomic E-state index is 0.780. The number of pyridine rings is 1. The summed E-state index contributed by atoms with van der Waals surface area (Å²) in [4.78, 5) is 7.06. The molecule has 0 radical (unpaired) electrons. The van der Waals surface area contributed by atoms with E-state index in [1.807, 2.05) is 6.20 Å². The van der Waals surface area contributed by atoms with Crippen LogP contribution in [-0.4, -0.2) is 18.1 Å². The predicted molar refractivity (Wildman–Crippen MR) is 76.8 cm³/mol. The lowest BCUT2D eigenvalue weighted by Crippen LogP contribution is -2.23. The van der Waals surface area contributed by atoms with E-state index in [1.54, 1.807) is 0 Å². The van der Waals surface area contributed by atoms with Gasteiger partial charge in [0.15, 0.2) is 0 Å². The first kappa shape index (κ1) is 12.9. The average Bonchev–Trinajstić information content (AvgIpc) is 2.78. The molecule has 94 valence electrons. The largest absolute Gasteiger partial charge is 0.356 e. The molecule has 0 N–H and O–H groups in total. The molecule has 0 spiro atoms. The van der Waals surface area contributed by atoms with Crippen molar-refractivity contribution >= 4 is 21.7 Å². The van der Waals surface area contributed by atoms with Crippen LogP contribution in [0.1, 0.15) is 31.4 Å². The summed E-state index contributed by atoms with van der Waals surface area (Å²) in [6.45, 7) is 9.13. The van der Waals surface area contributed by atoms with Gasteiger partial charge in [-0.15, -0.1) is 0 Å². The number of aryl methyl sites for hydroxylation is 1. The molecular weight excluding hydrogens is 276 g/mol. The minimum absolute atomic E-state index is 0.780. The van der Waals surface area contributed by atoms with E-state index >= 15 is 0 Å². The van der Waals surface area contributed by atoms with Crippen LogP contribution in [0.15, 0.2) is 12.3 Å². The lowest BCUT2D eigenvalue weighted by molar-refractivity contribution is 0.422. The van der Waals surface area contributed by atoms with Crippen molar-refractivity contribution in [2.75, 3.05) is 18.0 Å². The highest BCUT2D eigenvalue weighted by molar-refractivity contribution is 9.08. The summed E-state index contributed by atoms with van der Waals surface area (Å²) < 4.78 is 0. The fourth-order valence-corrected chi connectivity index (χ4v) is 2.86. The Kier molecular flexibility index (Phi) is 4.08. The van der Waals surface area contributed by atoms with E-state index in [-0.39, 0.29) is 0 Å². The van der Waals surface area contributed by atoms with E-state index in [2.05, 4.69) is 52.7 Å². The quantitative estimate of drug-likeness (QED) is 0.790. The summed E-state index contributed by atoms with van der Waals surface area (Å²) >= 11 is 3.47. The van der Waals surface area contributed by atoms with Gasteiger partial charge in [0, 0.05) is 24.6 Å². The van der Waals surface area contributed by atoms with Gasteiger partial charge in [0.05, 0.1) is 0 Å². The van der Waals surface area contributed by atoms with Crippen molar-refractivity contribution in [2.45, 2.75) is 32.5 Å². The second-order valence-corrected chi connectivity index (χ2v) is 5.92. The molecule has 2 heterocycles. The Morgan fingerprint density at radius 1 is 1.53 bits per heavy atom. The molecule has 3 heteroatoms. The van der Waals surface area contributed by atoms with E-state index in [0.717, 1.165) is 23.7 Å². The van der Waals surface area contributed by atoms with Gasteiger partial charge >= 0.3 is 0 Å². The van der Waals surface area contributed by atoms with Gasteiger partial charge in [-0.3, -0.25) is 0 Å². The Labute approximate surface area is 113 Å². The van der Waals surface area contributed by atoms with Gasteiger partial charge in [0.25, 0.3) is 0 Å². The monoisotopic (exact) mass is 296 g/mol. The number of hydrogen-bond acceptors (Lipinski definition) is 2. The van der Waals surface area contributed by atoms with Gasteiger partial charge in [-0.2, -0.15) is 0 Å². The van der Waals surface area contributed by atoms with E-state index < -0.39 is 0 Å². The lowest BCUT2D eigenvalue weighted by atomic mass is 9.95. The van der Waals surface area contributed by atoms with Crippen LogP contribution >= 0.6 is 15.9 Å². The van der Waals surface area contributed by atoms with Crippen molar-refractivity contribution in [2.24, 2.45) is 11.8 Å². The molecule has 0 aromatic carbocycles. The maximum absolute atomic E-state index is 4.62. The number of halogens is 1. The van der Waals surface area contributed by atoms with E-state index in [9.17, 15) is 0 Å². The molecule has 0 amide bonds. The lowest BCUT2D eigenvalue weighted by Gasteiger charge is -2.21. The average molecular weight is 297 g/mol. The van der Waals surface area contributed by atoms with Gasteiger partial charge in [0.1, 0.15) is 5.82 Å². The molecular formula is C14H21BrN2. The third kappa shape index (κ3) is 2.82. The molecule has 0 aliphatic carbocycles. The van der Waals surface area contributed by atoms with Crippen LogP contribution in [0.5, 0.6) is 0 Å². The molecule has 1 aliphatic rings. The minimum Gasteiger partial charge on any atom is -0.356 e. The number of nitrogens with zero attached hydrogens (tertiary/aromatic N) is 2. The van der Waals surface area contributed by atoms with Crippen LogP contribution in [0.25, 0.3) is 0 Å². The molecule has 1 aromatic heterocycles. The molecule has 1 aliphatic heterocycles. The molecule has 1 fully saturated rings. The highest BCUT2D eigenvalue weighted by Gasteiger charge is 2.26. The molecule has 0 saturated carbocycles. The smallest absolute Gasteiger partial charge is 0.131 e. The first-order chi connectivity index (χ1) is 8.11. The molecule has 0 bridgehead atoms. The summed E-state index contributed by atoms with van der Waals surface area (Å²) in [5.74, 6) is 2.78. The Morgan fingerprint density at radius 3 is 2.82 bits per heavy atom. The fourth-order valence-electron chi connectivity index (χ4n) is 2.55. The zero-order chi connectivity index (χ0) is 12.4. The number of aromatic nitrogens is 1. The summed E-state index contributed by atoms with van der Waals surface area (Å²) in [5.41, 5.74) is 2.55. The summed E-state index contributed by atoms with van der Waals surface area (Å²) in [7, 11) is 0. The van der Waals surface area contributed by atoms with Gasteiger partial charge < -0.3 is 4.90 Å². The highest BCUT2D eigenvalue weighted by Crippen LogP contribution is 2.29. The first-order valence-corrected chi connectivity index (χ1v) is 7.50. The molecule has 1 aromatic rings. The maximum atomic E-state index is 4.62. The van der Waals surface area contributed by atoms with Crippen LogP contribution in [0.3, 0.4) is 0 Å². The molecule has 2 rings (SSSR count). The Hall–Kier alpha value is -0.570. The van der Waals surface area contributed by atoms with Crippen LogP contribution in [0, 0.1) is 18.8 Å².